The lowest BCUT2D eigenvalue weighted by molar-refractivity contribution is -0.138. The molecule has 1 fully saturated rings. The lowest BCUT2D eigenvalue weighted by Crippen LogP contribution is -2.11. The number of nitrogens with zero attached hydrogens (tertiary/aromatic N) is 2. The molecule has 1 aromatic heterocycles. The molecule has 0 aliphatic heterocycles. The zero-order valence-electron chi connectivity index (χ0n) is 9.35. The SMILES string of the molecule is Cn1ccc(CSCC2(CC(=O)O)CC2)n1. The molecule has 1 saturated carbocycles. The Labute approximate surface area is 99.0 Å². The highest BCUT2D eigenvalue weighted by molar-refractivity contribution is 7.98. The van der Waals surface area contributed by atoms with Gasteiger partial charge in [0.25, 0.3) is 0 Å². The highest BCUT2D eigenvalue weighted by Crippen LogP contribution is 2.51. The van der Waals surface area contributed by atoms with Gasteiger partial charge in [-0.25, -0.2) is 0 Å². The first kappa shape index (κ1) is 11.5. The van der Waals surface area contributed by atoms with Gasteiger partial charge in [0.15, 0.2) is 0 Å². The van der Waals surface area contributed by atoms with Crippen LogP contribution in [0.5, 0.6) is 0 Å². The first-order valence-corrected chi connectivity index (χ1v) is 6.53. The van der Waals surface area contributed by atoms with Gasteiger partial charge in [0.05, 0.1) is 12.1 Å². The molecule has 1 aromatic rings. The maximum Gasteiger partial charge on any atom is 0.303 e. The van der Waals surface area contributed by atoms with E-state index in [-0.39, 0.29) is 5.41 Å². The Balaban J connectivity index is 1.74. The Bertz CT molecular complexity index is 385. The van der Waals surface area contributed by atoms with Gasteiger partial charge in [-0.2, -0.15) is 16.9 Å². The number of carboxylic acids is 1. The second kappa shape index (κ2) is 4.49. The van der Waals surface area contributed by atoms with E-state index in [1.807, 2.05) is 19.3 Å². The predicted molar refractivity (Wildman–Crippen MR) is 63.3 cm³/mol. The second-order valence-corrected chi connectivity index (χ2v) is 5.53. The summed E-state index contributed by atoms with van der Waals surface area (Å²) in [5.74, 6) is 1.15. The van der Waals surface area contributed by atoms with Crippen molar-refractivity contribution in [2.45, 2.75) is 25.0 Å². The molecular weight excluding hydrogens is 224 g/mol. The number of hydrogen-bond acceptors (Lipinski definition) is 3. The lowest BCUT2D eigenvalue weighted by Gasteiger charge is -2.10. The number of aliphatic carboxylic acids is 1. The smallest absolute Gasteiger partial charge is 0.303 e. The van der Waals surface area contributed by atoms with Crippen molar-refractivity contribution < 1.29 is 9.90 Å². The Morgan fingerprint density at radius 3 is 2.94 bits per heavy atom. The number of thioether (sulfide) groups is 1. The van der Waals surface area contributed by atoms with Crippen LogP contribution in [0.1, 0.15) is 25.0 Å². The van der Waals surface area contributed by atoms with Gasteiger partial charge in [0, 0.05) is 19.0 Å². The van der Waals surface area contributed by atoms with Gasteiger partial charge in [0.1, 0.15) is 0 Å². The predicted octanol–water partition coefficient (Wildman–Crippen LogP) is 1.91. The second-order valence-electron chi connectivity index (χ2n) is 4.54. The summed E-state index contributed by atoms with van der Waals surface area (Å²) in [6.07, 6.45) is 4.38. The summed E-state index contributed by atoms with van der Waals surface area (Å²) < 4.78 is 1.79. The van der Waals surface area contributed by atoms with Gasteiger partial charge < -0.3 is 5.11 Å². The summed E-state index contributed by atoms with van der Waals surface area (Å²) in [4.78, 5) is 10.7. The van der Waals surface area contributed by atoms with E-state index >= 15 is 0 Å². The molecule has 1 N–H and O–H groups in total. The van der Waals surface area contributed by atoms with Crippen molar-refractivity contribution in [2.75, 3.05) is 5.75 Å². The zero-order valence-corrected chi connectivity index (χ0v) is 10.2. The molecule has 0 radical (unpaired) electrons. The minimum Gasteiger partial charge on any atom is -0.481 e. The third-order valence-corrected chi connectivity index (χ3v) is 4.23. The van der Waals surface area contributed by atoms with Crippen LogP contribution in [-0.4, -0.2) is 26.6 Å². The highest BCUT2D eigenvalue weighted by atomic mass is 32.2. The van der Waals surface area contributed by atoms with Crippen molar-refractivity contribution in [1.82, 2.24) is 9.78 Å². The summed E-state index contributed by atoms with van der Waals surface area (Å²) in [7, 11) is 1.90. The number of carboxylic acid groups (broad SMARTS) is 1. The minimum atomic E-state index is -0.670. The van der Waals surface area contributed by atoms with E-state index in [4.69, 9.17) is 5.11 Å². The van der Waals surface area contributed by atoms with E-state index in [1.54, 1.807) is 16.4 Å². The van der Waals surface area contributed by atoms with Crippen molar-refractivity contribution in [1.29, 1.82) is 0 Å². The van der Waals surface area contributed by atoms with Gasteiger partial charge in [-0.05, 0) is 30.1 Å². The van der Waals surface area contributed by atoms with Crippen LogP contribution < -0.4 is 0 Å². The lowest BCUT2D eigenvalue weighted by atomic mass is 10.1. The van der Waals surface area contributed by atoms with Crippen molar-refractivity contribution in [3.63, 3.8) is 0 Å². The van der Waals surface area contributed by atoms with Crippen LogP contribution >= 0.6 is 11.8 Å². The van der Waals surface area contributed by atoms with Crippen molar-refractivity contribution in [3.05, 3.63) is 18.0 Å². The fourth-order valence-corrected chi connectivity index (χ4v) is 3.07. The molecule has 1 heterocycles. The summed E-state index contributed by atoms with van der Waals surface area (Å²) in [6.45, 7) is 0. The Morgan fingerprint density at radius 1 is 1.69 bits per heavy atom. The van der Waals surface area contributed by atoms with E-state index in [0.29, 0.717) is 6.42 Å². The molecule has 0 bridgehead atoms. The fourth-order valence-electron chi connectivity index (χ4n) is 1.78. The first-order valence-electron chi connectivity index (χ1n) is 5.38. The highest BCUT2D eigenvalue weighted by Gasteiger charge is 2.44. The normalized spacial score (nSPS) is 17.3. The molecule has 4 nitrogen and oxygen atoms in total. The van der Waals surface area contributed by atoms with Crippen LogP contribution in [-0.2, 0) is 17.6 Å². The Kier molecular flexibility index (Phi) is 3.23. The van der Waals surface area contributed by atoms with Gasteiger partial charge in [-0.3, -0.25) is 9.48 Å². The van der Waals surface area contributed by atoms with Crippen LogP contribution in [0.4, 0.5) is 0 Å². The number of aromatic nitrogens is 2. The molecule has 1 aliphatic carbocycles. The number of carbonyl (C=O) groups is 1. The summed E-state index contributed by atoms with van der Waals surface area (Å²) in [6, 6.07) is 2.00. The van der Waals surface area contributed by atoms with E-state index in [2.05, 4.69) is 5.10 Å². The average Bonchev–Trinajstić information content (AvgIpc) is 2.80. The molecule has 5 heteroatoms. The number of aryl methyl sites for hydroxylation is 1. The van der Waals surface area contributed by atoms with E-state index < -0.39 is 5.97 Å². The monoisotopic (exact) mass is 240 g/mol. The molecule has 0 spiro atoms. The van der Waals surface area contributed by atoms with Gasteiger partial charge in [-0.15, -0.1) is 0 Å². The van der Waals surface area contributed by atoms with E-state index in [1.165, 1.54) is 0 Å². The molecular formula is C11H16N2O2S. The molecule has 2 rings (SSSR count). The summed E-state index contributed by atoms with van der Waals surface area (Å²) in [5, 5.41) is 13.1. The van der Waals surface area contributed by atoms with Crippen LogP contribution in [0.25, 0.3) is 0 Å². The topological polar surface area (TPSA) is 55.1 Å². The van der Waals surface area contributed by atoms with Gasteiger partial charge in [-0.1, -0.05) is 0 Å². The zero-order chi connectivity index (χ0) is 11.6. The largest absolute Gasteiger partial charge is 0.481 e. The molecule has 0 amide bonds. The summed E-state index contributed by atoms with van der Waals surface area (Å²) >= 11 is 1.79. The number of hydrogen-bond donors (Lipinski definition) is 1. The molecule has 0 aromatic carbocycles. The molecule has 16 heavy (non-hydrogen) atoms. The molecule has 0 atom stereocenters. The summed E-state index contributed by atoms with van der Waals surface area (Å²) in [5.41, 5.74) is 1.16. The Hall–Kier alpha value is -0.970. The molecule has 0 unspecified atom stereocenters. The average molecular weight is 240 g/mol. The first-order chi connectivity index (χ1) is 7.60. The third-order valence-electron chi connectivity index (χ3n) is 2.91. The maximum absolute atomic E-state index is 10.7. The van der Waals surface area contributed by atoms with Crippen molar-refractivity contribution >= 4 is 17.7 Å². The molecule has 0 saturated heterocycles. The van der Waals surface area contributed by atoms with E-state index in [0.717, 1.165) is 30.0 Å². The van der Waals surface area contributed by atoms with Crippen LogP contribution in [0.2, 0.25) is 0 Å². The van der Waals surface area contributed by atoms with Crippen molar-refractivity contribution in [3.8, 4) is 0 Å². The van der Waals surface area contributed by atoms with Gasteiger partial charge >= 0.3 is 5.97 Å². The van der Waals surface area contributed by atoms with Crippen LogP contribution in [0, 0.1) is 5.41 Å². The third kappa shape index (κ3) is 3.01. The van der Waals surface area contributed by atoms with Crippen molar-refractivity contribution in [2.24, 2.45) is 12.5 Å². The van der Waals surface area contributed by atoms with Gasteiger partial charge in [0.2, 0.25) is 0 Å². The van der Waals surface area contributed by atoms with Crippen LogP contribution in [0.15, 0.2) is 12.3 Å². The Morgan fingerprint density at radius 2 is 2.44 bits per heavy atom. The fraction of sp³-hybridized carbons (Fsp3) is 0.636. The molecule has 88 valence electrons. The maximum atomic E-state index is 10.7. The quantitative estimate of drug-likeness (QED) is 0.825. The van der Waals surface area contributed by atoms with Crippen LogP contribution in [0.3, 0.4) is 0 Å². The number of rotatable bonds is 6. The standard InChI is InChI=1S/C11H16N2O2S/c1-13-5-2-9(12-13)7-16-8-11(3-4-11)6-10(14)15/h2,5H,3-4,6-8H2,1H3,(H,14,15). The molecule has 1 aliphatic rings. The van der Waals surface area contributed by atoms with E-state index in [9.17, 15) is 4.79 Å². The minimum absolute atomic E-state index is 0.0886.